The van der Waals surface area contributed by atoms with Crippen LogP contribution in [0.25, 0.3) is 0 Å². The van der Waals surface area contributed by atoms with Crippen LogP contribution in [0.5, 0.6) is 0 Å². The number of aliphatic hydroxyl groups is 1. The summed E-state index contributed by atoms with van der Waals surface area (Å²) in [4.78, 5) is 0. The fourth-order valence-corrected chi connectivity index (χ4v) is 1.96. The zero-order valence-electron chi connectivity index (χ0n) is 7.71. The van der Waals surface area contributed by atoms with Gasteiger partial charge in [0.2, 0.25) is 0 Å². The van der Waals surface area contributed by atoms with Crippen LogP contribution in [-0.4, -0.2) is 49.0 Å². The van der Waals surface area contributed by atoms with Gasteiger partial charge in [-0.25, -0.2) is 0 Å². The van der Waals surface area contributed by atoms with Crippen molar-refractivity contribution in [1.29, 1.82) is 0 Å². The maximum Gasteiger partial charge on any atom is 0.135 e. The zero-order chi connectivity index (χ0) is 9.59. The van der Waals surface area contributed by atoms with E-state index in [0.717, 1.165) is 0 Å². The molecule has 6 atom stereocenters. The van der Waals surface area contributed by atoms with E-state index in [4.69, 9.17) is 19.9 Å². The van der Waals surface area contributed by atoms with Gasteiger partial charge in [0.05, 0.1) is 6.10 Å². The first kappa shape index (κ1) is 9.36. The Morgan fingerprint density at radius 2 is 2.00 bits per heavy atom. The number of ether oxygens (including phenoxy) is 3. The number of nitrogens with two attached hydrogens (primary N) is 1. The second kappa shape index (κ2) is 3.18. The lowest BCUT2D eigenvalue weighted by molar-refractivity contribution is -0.331. The van der Waals surface area contributed by atoms with Gasteiger partial charge in [0, 0.05) is 7.11 Å². The second-order valence-corrected chi connectivity index (χ2v) is 3.56. The highest BCUT2D eigenvalue weighted by atomic mass is 16.6. The monoisotopic (exact) mass is 189 g/mol. The van der Waals surface area contributed by atoms with Gasteiger partial charge in [-0.05, 0) is 6.92 Å². The third-order valence-corrected chi connectivity index (χ3v) is 2.74. The maximum absolute atomic E-state index is 9.74. The summed E-state index contributed by atoms with van der Waals surface area (Å²) in [5.41, 5.74) is 5.67. The molecule has 13 heavy (non-hydrogen) atoms. The summed E-state index contributed by atoms with van der Waals surface area (Å²) in [6, 6.07) is 0. The molecule has 2 saturated heterocycles. The van der Waals surface area contributed by atoms with E-state index in [1.807, 2.05) is 6.92 Å². The Labute approximate surface area is 76.8 Å². The minimum Gasteiger partial charge on any atom is -0.387 e. The van der Waals surface area contributed by atoms with Gasteiger partial charge >= 0.3 is 0 Å². The summed E-state index contributed by atoms with van der Waals surface area (Å²) in [7, 11) is 1.50. The molecule has 2 rings (SSSR count). The largest absolute Gasteiger partial charge is 0.387 e. The first-order valence-electron chi connectivity index (χ1n) is 4.42. The average Bonchev–Trinajstić information content (AvgIpc) is 2.09. The fraction of sp³-hybridized carbons (Fsp3) is 1.00. The molecular weight excluding hydrogens is 174 g/mol. The molecule has 0 aromatic heterocycles. The third-order valence-electron chi connectivity index (χ3n) is 2.74. The standard InChI is InChI=1S/C8H15NO4/c1-3-5-6(12-3)4(10)7(11-2)8(9)13-5/h3-8,10H,9H2,1-2H3/t3-,4?,5-,6?,7-,8?/m1/s1. The quantitative estimate of drug-likeness (QED) is 0.544. The molecule has 0 saturated carbocycles. The van der Waals surface area contributed by atoms with Crippen LogP contribution >= 0.6 is 0 Å². The molecule has 2 fully saturated rings. The molecule has 0 amide bonds. The molecule has 2 aliphatic heterocycles. The van der Waals surface area contributed by atoms with Gasteiger partial charge in [-0.1, -0.05) is 0 Å². The Morgan fingerprint density at radius 3 is 2.54 bits per heavy atom. The highest BCUT2D eigenvalue weighted by Crippen LogP contribution is 2.34. The smallest absolute Gasteiger partial charge is 0.135 e. The van der Waals surface area contributed by atoms with E-state index in [9.17, 15) is 5.11 Å². The van der Waals surface area contributed by atoms with Crippen molar-refractivity contribution in [1.82, 2.24) is 0 Å². The molecular formula is C8H15NO4. The molecule has 2 aliphatic rings. The minimum atomic E-state index is -0.685. The van der Waals surface area contributed by atoms with E-state index in [2.05, 4.69) is 0 Å². The number of methoxy groups -OCH3 is 1. The van der Waals surface area contributed by atoms with Crippen LogP contribution in [0.2, 0.25) is 0 Å². The predicted octanol–water partition coefficient (Wildman–Crippen LogP) is -1.17. The van der Waals surface area contributed by atoms with Gasteiger partial charge in [-0.15, -0.1) is 0 Å². The topological polar surface area (TPSA) is 73.9 Å². The van der Waals surface area contributed by atoms with Crippen LogP contribution in [0.15, 0.2) is 0 Å². The van der Waals surface area contributed by atoms with Crippen LogP contribution in [0.1, 0.15) is 6.92 Å². The lowest BCUT2D eigenvalue weighted by Gasteiger charge is -2.52. The average molecular weight is 189 g/mol. The molecule has 3 unspecified atom stereocenters. The molecule has 0 aliphatic carbocycles. The Morgan fingerprint density at radius 1 is 1.31 bits per heavy atom. The first-order chi connectivity index (χ1) is 6.15. The molecule has 0 aromatic carbocycles. The minimum absolute atomic E-state index is 0.0171. The van der Waals surface area contributed by atoms with Crippen molar-refractivity contribution < 1.29 is 19.3 Å². The lowest BCUT2D eigenvalue weighted by atomic mass is 9.90. The molecule has 76 valence electrons. The number of hydrogen-bond donors (Lipinski definition) is 2. The second-order valence-electron chi connectivity index (χ2n) is 3.56. The SMILES string of the molecule is CO[C@H]1C(N)O[C@H]2C(O[C@@H]2C)C1O. The highest BCUT2D eigenvalue weighted by Gasteiger charge is 2.53. The molecule has 3 N–H and O–H groups in total. The normalized spacial score (nSPS) is 55.4. The molecule has 5 nitrogen and oxygen atoms in total. The van der Waals surface area contributed by atoms with Crippen LogP contribution in [0.3, 0.4) is 0 Å². The molecule has 2 heterocycles. The van der Waals surface area contributed by atoms with Gasteiger partial charge in [0.1, 0.15) is 30.6 Å². The van der Waals surface area contributed by atoms with E-state index >= 15 is 0 Å². The summed E-state index contributed by atoms with van der Waals surface area (Å²) in [6.45, 7) is 1.90. The number of rotatable bonds is 1. The molecule has 5 heteroatoms. The number of aliphatic hydroxyl groups excluding tert-OH is 1. The van der Waals surface area contributed by atoms with Crippen molar-refractivity contribution in [2.45, 2.75) is 43.7 Å². The van der Waals surface area contributed by atoms with E-state index in [0.29, 0.717) is 0 Å². The first-order valence-corrected chi connectivity index (χ1v) is 4.42. The van der Waals surface area contributed by atoms with Gasteiger partial charge in [0.25, 0.3) is 0 Å². The summed E-state index contributed by atoms with van der Waals surface area (Å²) < 4.78 is 15.8. The Balaban J connectivity index is 2.06. The van der Waals surface area contributed by atoms with Crippen LogP contribution in [0, 0.1) is 0 Å². The van der Waals surface area contributed by atoms with Crippen molar-refractivity contribution >= 4 is 0 Å². The molecule has 0 radical (unpaired) electrons. The van der Waals surface area contributed by atoms with Gasteiger partial charge < -0.3 is 25.1 Å². The summed E-state index contributed by atoms with van der Waals surface area (Å²) in [5.74, 6) is 0. The van der Waals surface area contributed by atoms with Crippen molar-refractivity contribution in [2.75, 3.05) is 7.11 Å². The van der Waals surface area contributed by atoms with E-state index < -0.39 is 18.4 Å². The molecule has 0 spiro atoms. The van der Waals surface area contributed by atoms with Crippen molar-refractivity contribution in [2.24, 2.45) is 5.73 Å². The fourth-order valence-electron chi connectivity index (χ4n) is 1.96. The summed E-state index contributed by atoms with van der Waals surface area (Å²) >= 11 is 0. The van der Waals surface area contributed by atoms with Crippen LogP contribution in [0.4, 0.5) is 0 Å². The van der Waals surface area contributed by atoms with Crippen LogP contribution < -0.4 is 5.73 Å². The van der Waals surface area contributed by atoms with E-state index in [-0.39, 0.29) is 18.3 Å². The van der Waals surface area contributed by atoms with Crippen molar-refractivity contribution in [3.63, 3.8) is 0 Å². The highest BCUT2D eigenvalue weighted by molar-refractivity contribution is 5.00. The Hall–Kier alpha value is -0.200. The van der Waals surface area contributed by atoms with E-state index in [1.165, 1.54) is 7.11 Å². The Bertz CT molecular complexity index is 201. The van der Waals surface area contributed by atoms with Crippen molar-refractivity contribution in [3.05, 3.63) is 0 Å². The van der Waals surface area contributed by atoms with Crippen LogP contribution in [-0.2, 0) is 14.2 Å². The predicted molar refractivity (Wildman–Crippen MR) is 44.0 cm³/mol. The van der Waals surface area contributed by atoms with E-state index in [1.54, 1.807) is 0 Å². The number of hydrogen-bond acceptors (Lipinski definition) is 5. The molecule has 0 aromatic rings. The van der Waals surface area contributed by atoms with Gasteiger partial charge in [0.15, 0.2) is 0 Å². The van der Waals surface area contributed by atoms with Gasteiger partial charge in [-0.3, -0.25) is 0 Å². The number of fused-ring (bicyclic) bond motifs is 1. The zero-order valence-corrected chi connectivity index (χ0v) is 7.71. The Kier molecular flexibility index (Phi) is 2.29. The van der Waals surface area contributed by atoms with Crippen molar-refractivity contribution in [3.8, 4) is 0 Å². The lowest BCUT2D eigenvalue weighted by Crippen LogP contribution is -2.70. The summed E-state index contributed by atoms with van der Waals surface area (Å²) in [6.07, 6.45) is -2.09. The summed E-state index contributed by atoms with van der Waals surface area (Å²) in [5, 5.41) is 9.74. The maximum atomic E-state index is 9.74. The van der Waals surface area contributed by atoms with Gasteiger partial charge in [-0.2, -0.15) is 0 Å². The molecule has 0 bridgehead atoms. The third kappa shape index (κ3) is 1.28.